The molecule has 1 fully saturated rings. The highest BCUT2D eigenvalue weighted by Gasteiger charge is 2.31. The van der Waals surface area contributed by atoms with Crippen molar-refractivity contribution in [1.82, 2.24) is 4.90 Å². The second-order valence-electron chi connectivity index (χ2n) is 6.01. The molecule has 2 atom stereocenters. The molecule has 0 saturated carbocycles. The molecule has 1 aromatic carbocycles. The number of benzene rings is 1. The molecule has 0 aliphatic carbocycles. The SMILES string of the molecule is CCOC(=O)/C(=N\Nc1cccc(C(F)(F)F)c1)N1C[C@@H](C)O[C@H](C)C1. The third-order valence-electron chi connectivity index (χ3n) is 3.66. The summed E-state index contributed by atoms with van der Waals surface area (Å²) in [6.45, 7) is 6.41. The lowest BCUT2D eigenvalue weighted by Gasteiger charge is -2.36. The Morgan fingerprint density at radius 2 is 2.00 bits per heavy atom. The van der Waals surface area contributed by atoms with Gasteiger partial charge in [0.25, 0.3) is 0 Å². The number of nitrogens with zero attached hydrogens (tertiary/aromatic N) is 2. The van der Waals surface area contributed by atoms with Crippen LogP contribution in [0.5, 0.6) is 0 Å². The molecule has 1 heterocycles. The van der Waals surface area contributed by atoms with Crippen molar-refractivity contribution in [3.05, 3.63) is 29.8 Å². The smallest absolute Gasteiger partial charge is 0.416 e. The minimum Gasteiger partial charge on any atom is -0.460 e. The summed E-state index contributed by atoms with van der Waals surface area (Å²) in [5.74, 6) is -0.639. The lowest BCUT2D eigenvalue weighted by atomic mass is 10.2. The van der Waals surface area contributed by atoms with Crippen molar-refractivity contribution < 1.29 is 27.4 Å². The third kappa shape index (κ3) is 5.35. The minimum absolute atomic E-state index is 0.00580. The first-order valence-electron chi connectivity index (χ1n) is 8.29. The van der Waals surface area contributed by atoms with E-state index in [4.69, 9.17) is 9.47 Å². The number of carbonyl (C=O) groups is 1. The molecule has 1 aliphatic rings. The highest BCUT2D eigenvalue weighted by atomic mass is 19.4. The first-order valence-corrected chi connectivity index (χ1v) is 8.29. The van der Waals surface area contributed by atoms with Crippen LogP contribution in [0.1, 0.15) is 26.3 Å². The van der Waals surface area contributed by atoms with E-state index in [2.05, 4.69) is 10.5 Å². The molecule has 0 amide bonds. The molecular weight excluding hydrogens is 351 g/mol. The Balaban J connectivity index is 2.24. The van der Waals surface area contributed by atoms with Crippen LogP contribution in [0.3, 0.4) is 0 Å². The molecule has 1 aliphatic heterocycles. The van der Waals surface area contributed by atoms with Gasteiger partial charge in [-0.3, -0.25) is 5.43 Å². The number of rotatable bonds is 3. The van der Waals surface area contributed by atoms with E-state index in [-0.39, 0.29) is 30.3 Å². The number of alkyl halides is 3. The molecule has 0 unspecified atom stereocenters. The average molecular weight is 373 g/mol. The minimum atomic E-state index is -4.46. The van der Waals surface area contributed by atoms with Gasteiger partial charge in [-0.05, 0) is 39.0 Å². The van der Waals surface area contributed by atoms with Crippen LogP contribution in [0.15, 0.2) is 29.4 Å². The van der Waals surface area contributed by atoms with Crippen LogP contribution in [-0.2, 0) is 20.4 Å². The van der Waals surface area contributed by atoms with Crippen LogP contribution >= 0.6 is 0 Å². The molecular formula is C17H22F3N3O3. The van der Waals surface area contributed by atoms with E-state index >= 15 is 0 Å². The molecule has 0 bridgehead atoms. The van der Waals surface area contributed by atoms with Crippen molar-refractivity contribution in [3.8, 4) is 0 Å². The average Bonchev–Trinajstić information content (AvgIpc) is 2.54. The van der Waals surface area contributed by atoms with E-state index in [0.717, 1.165) is 12.1 Å². The zero-order valence-corrected chi connectivity index (χ0v) is 14.8. The zero-order valence-electron chi connectivity index (χ0n) is 14.8. The maximum absolute atomic E-state index is 12.8. The Hall–Kier alpha value is -2.29. The van der Waals surface area contributed by atoms with Crippen LogP contribution in [0.25, 0.3) is 0 Å². The number of halogens is 3. The molecule has 9 heteroatoms. The number of ether oxygens (including phenoxy) is 2. The number of nitrogens with one attached hydrogen (secondary N) is 1. The van der Waals surface area contributed by atoms with Gasteiger partial charge in [-0.1, -0.05) is 6.07 Å². The van der Waals surface area contributed by atoms with Crippen molar-refractivity contribution in [3.63, 3.8) is 0 Å². The van der Waals surface area contributed by atoms with Crippen LogP contribution in [0.4, 0.5) is 18.9 Å². The highest BCUT2D eigenvalue weighted by Crippen LogP contribution is 2.30. The third-order valence-corrected chi connectivity index (χ3v) is 3.66. The van der Waals surface area contributed by atoms with Crippen molar-refractivity contribution in [1.29, 1.82) is 0 Å². The van der Waals surface area contributed by atoms with Gasteiger partial charge < -0.3 is 14.4 Å². The number of amidine groups is 1. The van der Waals surface area contributed by atoms with E-state index in [1.807, 2.05) is 13.8 Å². The summed E-state index contributed by atoms with van der Waals surface area (Å²) in [7, 11) is 0. The predicted molar refractivity (Wildman–Crippen MR) is 90.7 cm³/mol. The number of carbonyl (C=O) groups excluding carboxylic acids is 1. The number of hydrogen-bond acceptors (Lipinski definition) is 5. The molecule has 6 nitrogen and oxygen atoms in total. The fourth-order valence-corrected chi connectivity index (χ4v) is 2.67. The number of hydrogen-bond donors (Lipinski definition) is 1. The summed E-state index contributed by atoms with van der Waals surface area (Å²) in [5, 5.41) is 4.02. The molecule has 0 radical (unpaired) electrons. The van der Waals surface area contributed by atoms with Gasteiger partial charge in [0.05, 0.1) is 30.1 Å². The van der Waals surface area contributed by atoms with Crippen molar-refractivity contribution >= 4 is 17.5 Å². The van der Waals surface area contributed by atoms with Gasteiger partial charge in [-0.25, -0.2) is 4.79 Å². The standard InChI is InChI=1S/C17H22F3N3O3/c1-4-25-16(24)15(23-9-11(2)26-12(3)10-23)22-21-14-7-5-6-13(8-14)17(18,19)20/h5-8,11-12,21H,4,9-10H2,1-3H3/b22-15+/t11-,12-/m1/s1. The molecule has 144 valence electrons. The Morgan fingerprint density at radius 1 is 1.35 bits per heavy atom. The van der Waals surface area contributed by atoms with E-state index in [1.54, 1.807) is 11.8 Å². The monoisotopic (exact) mass is 373 g/mol. The van der Waals surface area contributed by atoms with Gasteiger partial charge in [0.15, 0.2) is 0 Å². The van der Waals surface area contributed by atoms with Crippen LogP contribution < -0.4 is 5.43 Å². The van der Waals surface area contributed by atoms with Crippen LogP contribution in [-0.4, -0.2) is 48.6 Å². The van der Waals surface area contributed by atoms with Gasteiger partial charge >= 0.3 is 12.1 Å². The van der Waals surface area contributed by atoms with Gasteiger partial charge in [-0.2, -0.15) is 13.2 Å². The summed E-state index contributed by atoms with van der Waals surface area (Å²) in [5.41, 5.74) is 1.85. The maximum atomic E-state index is 12.8. The fourth-order valence-electron chi connectivity index (χ4n) is 2.67. The number of morpholine rings is 1. The number of esters is 1. The summed E-state index contributed by atoms with van der Waals surface area (Å²) in [6, 6.07) is 4.60. The van der Waals surface area contributed by atoms with Crippen LogP contribution in [0, 0.1) is 0 Å². The summed E-state index contributed by atoms with van der Waals surface area (Å²) >= 11 is 0. The van der Waals surface area contributed by atoms with E-state index in [9.17, 15) is 18.0 Å². The molecule has 1 N–H and O–H groups in total. The molecule has 0 spiro atoms. The molecule has 1 aromatic rings. The van der Waals surface area contributed by atoms with Gasteiger partial charge in [0.1, 0.15) is 0 Å². The van der Waals surface area contributed by atoms with Gasteiger partial charge in [0.2, 0.25) is 5.84 Å². The summed E-state index contributed by atoms with van der Waals surface area (Å²) < 4.78 is 49.1. The fraction of sp³-hybridized carbons (Fsp3) is 0.529. The second-order valence-corrected chi connectivity index (χ2v) is 6.01. The topological polar surface area (TPSA) is 63.2 Å². The van der Waals surface area contributed by atoms with Crippen molar-refractivity contribution in [2.75, 3.05) is 25.1 Å². The Kier molecular flexibility index (Phi) is 6.47. The zero-order chi connectivity index (χ0) is 19.3. The van der Waals surface area contributed by atoms with E-state index in [1.165, 1.54) is 12.1 Å². The molecule has 0 aromatic heterocycles. The summed E-state index contributed by atoms with van der Waals surface area (Å²) in [4.78, 5) is 14.0. The largest absolute Gasteiger partial charge is 0.460 e. The molecule has 1 saturated heterocycles. The Bertz CT molecular complexity index is 654. The predicted octanol–water partition coefficient (Wildman–Crippen LogP) is 3.10. The van der Waals surface area contributed by atoms with Crippen LogP contribution in [0.2, 0.25) is 0 Å². The summed E-state index contributed by atoms with van der Waals surface area (Å²) in [6.07, 6.45) is -4.70. The lowest BCUT2D eigenvalue weighted by Crippen LogP contribution is -2.51. The number of hydrazone groups is 1. The quantitative estimate of drug-likeness (QED) is 0.382. The molecule has 2 rings (SSSR count). The first-order chi connectivity index (χ1) is 12.2. The van der Waals surface area contributed by atoms with Gasteiger partial charge in [-0.15, -0.1) is 5.10 Å². The number of anilines is 1. The van der Waals surface area contributed by atoms with E-state index in [0.29, 0.717) is 13.1 Å². The van der Waals surface area contributed by atoms with Crippen molar-refractivity contribution in [2.24, 2.45) is 5.10 Å². The second kappa shape index (κ2) is 8.39. The Morgan fingerprint density at radius 3 is 2.58 bits per heavy atom. The van der Waals surface area contributed by atoms with E-state index < -0.39 is 17.7 Å². The lowest BCUT2D eigenvalue weighted by molar-refractivity contribution is -0.138. The van der Waals surface area contributed by atoms with Crippen molar-refractivity contribution in [2.45, 2.75) is 39.2 Å². The first kappa shape index (κ1) is 20.0. The maximum Gasteiger partial charge on any atom is 0.416 e. The highest BCUT2D eigenvalue weighted by molar-refractivity contribution is 6.35. The Labute approximate surface area is 150 Å². The normalized spacial score (nSPS) is 21.5. The van der Waals surface area contributed by atoms with Gasteiger partial charge in [0, 0.05) is 13.1 Å². The molecule has 26 heavy (non-hydrogen) atoms.